The second kappa shape index (κ2) is 17.0. The molecule has 12 aromatic carbocycles. The summed E-state index contributed by atoms with van der Waals surface area (Å²) in [6, 6.07) is 97.0. The number of furan rings is 1. The Balaban J connectivity index is 1.02. The van der Waals surface area contributed by atoms with E-state index in [0.29, 0.717) is 0 Å². The number of rotatable bonds is 8. The zero-order valence-electron chi connectivity index (χ0n) is 37.8. The van der Waals surface area contributed by atoms with Gasteiger partial charge in [-0.3, -0.25) is 0 Å². The molecule has 69 heavy (non-hydrogen) atoms. The zero-order chi connectivity index (χ0) is 45.7. The van der Waals surface area contributed by atoms with Crippen molar-refractivity contribution in [3.8, 4) is 89.2 Å². The summed E-state index contributed by atoms with van der Waals surface area (Å²) >= 11 is 0. The lowest BCUT2D eigenvalue weighted by Crippen LogP contribution is -1.93. The van der Waals surface area contributed by atoms with Gasteiger partial charge in [0.2, 0.25) is 0 Å². The van der Waals surface area contributed by atoms with Crippen molar-refractivity contribution in [2.75, 3.05) is 0 Å². The smallest absolute Gasteiger partial charge is 0.143 e. The third-order valence-electron chi connectivity index (χ3n) is 13.9. The molecule has 1 heterocycles. The van der Waals surface area contributed by atoms with Gasteiger partial charge in [-0.25, -0.2) is 0 Å². The highest BCUT2D eigenvalue weighted by atomic mass is 16.3. The van der Waals surface area contributed by atoms with Crippen molar-refractivity contribution in [2.24, 2.45) is 0 Å². The van der Waals surface area contributed by atoms with Gasteiger partial charge in [0, 0.05) is 16.5 Å². The summed E-state index contributed by atoms with van der Waals surface area (Å²) in [6.07, 6.45) is 0. The Morgan fingerprint density at radius 1 is 0.188 bits per heavy atom. The van der Waals surface area contributed by atoms with E-state index in [4.69, 9.17) is 4.42 Å². The van der Waals surface area contributed by atoms with Crippen LogP contribution in [-0.2, 0) is 0 Å². The molecule has 0 saturated heterocycles. The molecule has 0 aliphatic heterocycles. The van der Waals surface area contributed by atoms with Gasteiger partial charge in [-0.2, -0.15) is 0 Å². The Labute approximate surface area is 401 Å². The second-order valence-corrected chi connectivity index (χ2v) is 18.0. The minimum Gasteiger partial charge on any atom is -0.455 e. The molecule has 0 amide bonds. The SMILES string of the molecule is c1ccc(-c2ccc3c(-c4cccc(-c5ccc6c(-c7ccccc7)c(-c7ccccc7)oc6c5)c4)c4cc(-c5ccccc5)ccc4c(-c4ccc(-c5ccc6ccccc6c5)cc4)c3c2)cc1. The van der Waals surface area contributed by atoms with Crippen LogP contribution in [0.2, 0.25) is 0 Å². The topological polar surface area (TPSA) is 13.1 Å². The second-order valence-electron chi connectivity index (χ2n) is 18.0. The molecule has 13 aromatic rings. The van der Waals surface area contributed by atoms with Crippen LogP contribution in [-0.4, -0.2) is 0 Å². The van der Waals surface area contributed by atoms with Crippen LogP contribution in [0.4, 0.5) is 0 Å². The van der Waals surface area contributed by atoms with E-state index in [0.717, 1.165) is 50.1 Å². The molecule has 0 N–H and O–H groups in total. The molecule has 0 atom stereocenters. The van der Waals surface area contributed by atoms with Gasteiger partial charge in [-0.1, -0.05) is 231 Å². The van der Waals surface area contributed by atoms with Gasteiger partial charge in [0.25, 0.3) is 0 Å². The first kappa shape index (κ1) is 40.3. The minimum atomic E-state index is 0.864. The predicted molar refractivity (Wildman–Crippen MR) is 292 cm³/mol. The molecule has 0 bridgehead atoms. The summed E-state index contributed by atoms with van der Waals surface area (Å²) in [4.78, 5) is 0. The van der Waals surface area contributed by atoms with Crippen molar-refractivity contribution >= 4 is 43.3 Å². The normalized spacial score (nSPS) is 11.5. The van der Waals surface area contributed by atoms with Crippen LogP contribution in [0.3, 0.4) is 0 Å². The van der Waals surface area contributed by atoms with Crippen LogP contribution in [0.5, 0.6) is 0 Å². The van der Waals surface area contributed by atoms with Gasteiger partial charge in [0.15, 0.2) is 0 Å². The van der Waals surface area contributed by atoms with Gasteiger partial charge < -0.3 is 4.42 Å². The number of hydrogen-bond acceptors (Lipinski definition) is 1. The van der Waals surface area contributed by atoms with Gasteiger partial charge in [-0.15, -0.1) is 0 Å². The largest absolute Gasteiger partial charge is 0.455 e. The Morgan fingerprint density at radius 3 is 1.20 bits per heavy atom. The maximum Gasteiger partial charge on any atom is 0.143 e. The fourth-order valence-corrected chi connectivity index (χ4v) is 10.5. The molecule has 0 saturated carbocycles. The fraction of sp³-hybridized carbons (Fsp3) is 0. The van der Waals surface area contributed by atoms with Crippen LogP contribution in [0, 0.1) is 0 Å². The van der Waals surface area contributed by atoms with Gasteiger partial charge >= 0.3 is 0 Å². The Hall–Kier alpha value is -9.04. The summed E-state index contributed by atoms with van der Waals surface area (Å²) in [5.74, 6) is 0.883. The van der Waals surface area contributed by atoms with Crippen LogP contribution >= 0.6 is 0 Å². The first-order chi connectivity index (χ1) is 34.2. The van der Waals surface area contributed by atoms with E-state index < -0.39 is 0 Å². The third kappa shape index (κ3) is 7.29. The summed E-state index contributed by atoms with van der Waals surface area (Å²) in [6.45, 7) is 0. The monoisotopic (exact) mass is 876 g/mol. The number of fused-ring (bicyclic) bond motifs is 4. The van der Waals surface area contributed by atoms with Gasteiger partial charge in [0.1, 0.15) is 11.3 Å². The maximum absolute atomic E-state index is 6.84. The summed E-state index contributed by atoms with van der Waals surface area (Å²) in [7, 11) is 0. The molecule has 1 heteroatoms. The van der Waals surface area contributed by atoms with Gasteiger partial charge in [-0.05, 0) is 141 Å². The lowest BCUT2D eigenvalue weighted by Gasteiger charge is -2.20. The lowest BCUT2D eigenvalue weighted by molar-refractivity contribution is 0.632. The molecule has 0 radical (unpaired) electrons. The first-order valence-electron chi connectivity index (χ1n) is 23.7. The van der Waals surface area contributed by atoms with Crippen molar-refractivity contribution in [3.05, 3.63) is 267 Å². The van der Waals surface area contributed by atoms with E-state index in [1.807, 2.05) is 0 Å². The Bertz CT molecular complexity index is 4020. The molecule has 322 valence electrons. The molecule has 0 aliphatic carbocycles. The quantitative estimate of drug-likeness (QED) is 0.139. The molecule has 0 spiro atoms. The van der Waals surface area contributed by atoms with Crippen LogP contribution in [0.15, 0.2) is 271 Å². The zero-order valence-corrected chi connectivity index (χ0v) is 37.8. The number of hydrogen-bond donors (Lipinski definition) is 0. The average Bonchev–Trinajstić information content (AvgIpc) is 3.82. The lowest BCUT2D eigenvalue weighted by atomic mass is 9.83. The van der Waals surface area contributed by atoms with Crippen molar-refractivity contribution in [1.82, 2.24) is 0 Å². The van der Waals surface area contributed by atoms with E-state index >= 15 is 0 Å². The molecule has 1 aromatic heterocycles. The summed E-state index contributed by atoms with van der Waals surface area (Å²) in [5, 5.41) is 8.44. The Kier molecular flexibility index (Phi) is 9.91. The van der Waals surface area contributed by atoms with Crippen LogP contribution in [0.1, 0.15) is 0 Å². The third-order valence-corrected chi connectivity index (χ3v) is 13.9. The molecule has 0 aliphatic rings. The Morgan fingerprint density at radius 2 is 0.580 bits per heavy atom. The predicted octanol–water partition coefficient (Wildman–Crippen LogP) is 19.2. The molecule has 0 unspecified atom stereocenters. The van der Waals surface area contributed by atoms with E-state index in [9.17, 15) is 0 Å². The van der Waals surface area contributed by atoms with Crippen molar-refractivity contribution in [1.29, 1.82) is 0 Å². The van der Waals surface area contributed by atoms with E-state index in [-0.39, 0.29) is 0 Å². The van der Waals surface area contributed by atoms with Crippen LogP contribution in [0.25, 0.3) is 132 Å². The molecular weight excluding hydrogens is 833 g/mol. The first-order valence-corrected chi connectivity index (χ1v) is 23.7. The highest BCUT2D eigenvalue weighted by Gasteiger charge is 2.21. The average molecular weight is 877 g/mol. The standard InChI is InChI=1S/C68H44O/c1-5-16-45(17-6-1)55-35-38-60-62(42-55)65(50-31-28-48(29-32-50)54-33-30-47-20-13-14-25-52(47)40-54)59-37-34-56(46-18-7-2-8-19-46)43-63(59)66(60)58-27-15-26-53(41-58)57-36-39-61-64(44-57)69-68(51-23-11-4-12-24-51)67(61)49-21-9-3-10-22-49/h1-44H. The maximum atomic E-state index is 6.84. The molecule has 0 fully saturated rings. The summed E-state index contributed by atoms with van der Waals surface area (Å²) in [5.41, 5.74) is 18.4. The molecule has 13 rings (SSSR count). The number of benzene rings is 12. The fourth-order valence-electron chi connectivity index (χ4n) is 10.5. The molecular formula is C68H44O. The van der Waals surface area contributed by atoms with E-state index in [1.165, 1.54) is 82.4 Å². The van der Waals surface area contributed by atoms with Crippen molar-refractivity contribution in [2.45, 2.75) is 0 Å². The summed E-state index contributed by atoms with van der Waals surface area (Å²) < 4.78 is 6.84. The highest BCUT2D eigenvalue weighted by Crippen LogP contribution is 2.48. The van der Waals surface area contributed by atoms with E-state index in [1.54, 1.807) is 0 Å². The minimum absolute atomic E-state index is 0.864. The van der Waals surface area contributed by atoms with E-state index in [2.05, 4.69) is 267 Å². The molecule has 1 nitrogen and oxygen atoms in total. The van der Waals surface area contributed by atoms with Crippen molar-refractivity contribution < 1.29 is 4.42 Å². The highest BCUT2D eigenvalue weighted by molar-refractivity contribution is 6.22. The van der Waals surface area contributed by atoms with Crippen LogP contribution < -0.4 is 0 Å². The van der Waals surface area contributed by atoms with Gasteiger partial charge in [0.05, 0.1) is 0 Å². The van der Waals surface area contributed by atoms with Crippen molar-refractivity contribution in [3.63, 3.8) is 0 Å².